The molecule has 0 spiro atoms. The Hall–Kier alpha value is -0.850. The number of ketones is 1. The zero-order valence-electron chi connectivity index (χ0n) is 16.8. The van der Waals surface area contributed by atoms with Gasteiger partial charge in [0.05, 0.1) is 0 Å². The highest BCUT2D eigenvalue weighted by Gasteiger charge is 2.33. The lowest BCUT2D eigenvalue weighted by molar-refractivity contribution is -0.116. The first-order valence-corrected chi connectivity index (χ1v) is 10.1. The summed E-state index contributed by atoms with van der Waals surface area (Å²) in [5, 5.41) is 0. The molecular weight excluding hydrogens is 292 g/mol. The number of allylic oxidation sites excluding steroid dienone is 4. The summed E-state index contributed by atoms with van der Waals surface area (Å²) in [6.07, 6.45) is 13.5. The quantitative estimate of drug-likeness (QED) is 0.410. The minimum atomic E-state index is 0.273. The van der Waals surface area contributed by atoms with E-state index in [-0.39, 0.29) is 5.41 Å². The summed E-state index contributed by atoms with van der Waals surface area (Å²) >= 11 is 0. The number of carbonyl (C=O) groups is 1. The Morgan fingerprint density at radius 1 is 1.33 bits per heavy atom. The molecule has 0 radical (unpaired) electrons. The summed E-state index contributed by atoms with van der Waals surface area (Å²) in [4.78, 5) is 12.6. The van der Waals surface area contributed by atoms with E-state index in [9.17, 15) is 4.79 Å². The monoisotopic (exact) mass is 330 g/mol. The average Bonchev–Trinajstić information content (AvgIpc) is 2.45. The molecule has 0 amide bonds. The average molecular weight is 331 g/mol. The molecule has 1 saturated carbocycles. The van der Waals surface area contributed by atoms with E-state index in [2.05, 4.69) is 53.7 Å². The van der Waals surface area contributed by atoms with Gasteiger partial charge in [0.2, 0.25) is 0 Å². The van der Waals surface area contributed by atoms with Crippen LogP contribution in [0.3, 0.4) is 0 Å². The highest BCUT2D eigenvalue weighted by molar-refractivity contribution is 5.89. The van der Waals surface area contributed by atoms with Crippen LogP contribution >= 0.6 is 0 Å². The molecule has 2 aliphatic rings. The predicted octanol–water partition coefficient (Wildman–Crippen LogP) is 6.59. The maximum Gasteiger partial charge on any atom is 0.155 e. The van der Waals surface area contributed by atoms with Crippen LogP contribution in [0.15, 0.2) is 23.8 Å². The van der Waals surface area contributed by atoms with Gasteiger partial charge in [-0.15, -0.1) is 0 Å². The van der Waals surface area contributed by atoms with E-state index in [0.29, 0.717) is 23.5 Å². The lowest BCUT2D eigenvalue weighted by Gasteiger charge is -2.37. The summed E-state index contributed by atoms with van der Waals surface area (Å²) in [6.45, 7) is 13.9. The fraction of sp³-hybridized carbons (Fsp3) is 0.783. The van der Waals surface area contributed by atoms with Crippen molar-refractivity contribution in [2.24, 2.45) is 35.0 Å². The van der Waals surface area contributed by atoms with E-state index in [0.717, 1.165) is 18.3 Å². The third-order valence-corrected chi connectivity index (χ3v) is 6.69. The molecule has 1 fully saturated rings. The SMILES string of the molecule is CC1=CCCC(C)(C)C1C=CC(=O)CC1CC(C)CCC1C(C)C. The highest BCUT2D eigenvalue weighted by atomic mass is 16.1. The van der Waals surface area contributed by atoms with Crippen molar-refractivity contribution in [1.29, 1.82) is 0 Å². The predicted molar refractivity (Wildman–Crippen MR) is 104 cm³/mol. The van der Waals surface area contributed by atoms with Gasteiger partial charge in [0, 0.05) is 12.3 Å². The van der Waals surface area contributed by atoms with E-state index < -0.39 is 0 Å². The van der Waals surface area contributed by atoms with Gasteiger partial charge in [-0.2, -0.15) is 0 Å². The van der Waals surface area contributed by atoms with Crippen molar-refractivity contribution in [2.75, 3.05) is 0 Å². The normalized spacial score (nSPS) is 33.7. The molecule has 0 aliphatic heterocycles. The molecule has 0 aromatic rings. The molecule has 1 heteroatoms. The van der Waals surface area contributed by atoms with Gasteiger partial charge in [-0.1, -0.05) is 58.8 Å². The second kappa shape index (κ2) is 8.02. The fourth-order valence-electron chi connectivity index (χ4n) is 5.15. The van der Waals surface area contributed by atoms with Crippen LogP contribution in [0.5, 0.6) is 0 Å². The molecule has 0 bridgehead atoms. The molecule has 2 aliphatic carbocycles. The molecule has 4 atom stereocenters. The maximum absolute atomic E-state index is 12.6. The molecule has 0 N–H and O–H groups in total. The molecule has 24 heavy (non-hydrogen) atoms. The van der Waals surface area contributed by atoms with Crippen LogP contribution in [0.4, 0.5) is 0 Å². The van der Waals surface area contributed by atoms with E-state index in [1.165, 1.54) is 37.7 Å². The minimum Gasteiger partial charge on any atom is -0.295 e. The van der Waals surface area contributed by atoms with Gasteiger partial charge in [0.15, 0.2) is 5.78 Å². The summed E-state index contributed by atoms with van der Waals surface area (Å²) in [5.74, 6) is 3.55. The first-order chi connectivity index (χ1) is 11.2. The van der Waals surface area contributed by atoms with Crippen LogP contribution in [-0.4, -0.2) is 5.78 Å². The van der Waals surface area contributed by atoms with E-state index in [1.54, 1.807) is 0 Å². The largest absolute Gasteiger partial charge is 0.295 e. The highest BCUT2D eigenvalue weighted by Crippen LogP contribution is 2.42. The number of hydrogen-bond acceptors (Lipinski definition) is 1. The molecule has 0 heterocycles. The van der Waals surface area contributed by atoms with E-state index in [4.69, 9.17) is 0 Å². The second-order valence-corrected chi connectivity index (χ2v) is 9.57. The van der Waals surface area contributed by atoms with Crippen molar-refractivity contribution in [3.05, 3.63) is 23.8 Å². The Morgan fingerprint density at radius 2 is 2.04 bits per heavy atom. The first-order valence-electron chi connectivity index (χ1n) is 10.1. The van der Waals surface area contributed by atoms with Crippen LogP contribution in [0, 0.1) is 35.0 Å². The standard InChI is InChI=1S/C23H38O/c1-16(2)21-11-9-17(3)14-19(21)15-20(24)10-12-22-18(4)8-7-13-23(22,5)6/h8,10,12,16-17,19,21-22H,7,9,11,13-15H2,1-6H3. The third-order valence-electron chi connectivity index (χ3n) is 6.69. The van der Waals surface area contributed by atoms with Crippen molar-refractivity contribution in [2.45, 2.75) is 80.1 Å². The molecule has 4 unspecified atom stereocenters. The Morgan fingerprint density at radius 3 is 2.67 bits per heavy atom. The second-order valence-electron chi connectivity index (χ2n) is 9.57. The Labute approximate surface area is 150 Å². The zero-order valence-corrected chi connectivity index (χ0v) is 16.8. The zero-order chi connectivity index (χ0) is 17.9. The van der Waals surface area contributed by atoms with Gasteiger partial charge in [0.1, 0.15) is 0 Å². The van der Waals surface area contributed by atoms with Crippen LogP contribution in [-0.2, 0) is 4.79 Å². The number of carbonyl (C=O) groups excluding carboxylic acids is 1. The molecule has 0 saturated heterocycles. The van der Waals surface area contributed by atoms with Crippen molar-refractivity contribution >= 4 is 5.78 Å². The van der Waals surface area contributed by atoms with Gasteiger partial charge in [-0.3, -0.25) is 4.79 Å². The Balaban J connectivity index is 2.01. The smallest absolute Gasteiger partial charge is 0.155 e. The maximum atomic E-state index is 12.6. The molecule has 136 valence electrons. The molecule has 0 aromatic heterocycles. The first kappa shape index (κ1) is 19.5. The summed E-state index contributed by atoms with van der Waals surface area (Å²) in [7, 11) is 0. The van der Waals surface area contributed by atoms with Gasteiger partial charge in [-0.25, -0.2) is 0 Å². The van der Waals surface area contributed by atoms with Crippen LogP contribution < -0.4 is 0 Å². The van der Waals surface area contributed by atoms with Crippen molar-refractivity contribution in [1.82, 2.24) is 0 Å². The lowest BCUT2D eigenvalue weighted by atomic mass is 9.67. The molecule has 1 nitrogen and oxygen atoms in total. The van der Waals surface area contributed by atoms with Crippen molar-refractivity contribution in [3.8, 4) is 0 Å². The summed E-state index contributed by atoms with van der Waals surface area (Å²) in [5.41, 5.74) is 1.71. The number of rotatable bonds is 5. The summed E-state index contributed by atoms with van der Waals surface area (Å²) < 4.78 is 0. The van der Waals surface area contributed by atoms with Crippen molar-refractivity contribution in [3.63, 3.8) is 0 Å². The number of hydrogen-bond donors (Lipinski definition) is 0. The third kappa shape index (κ3) is 4.83. The van der Waals surface area contributed by atoms with E-state index in [1.807, 2.05) is 6.08 Å². The lowest BCUT2D eigenvalue weighted by Crippen LogP contribution is -2.29. The molecule has 0 aromatic carbocycles. The van der Waals surface area contributed by atoms with Gasteiger partial charge in [-0.05, 0) is 67.8 Å². The van der Waals surface area contributed by atoms with Crippen LogP contribution in [0.1, 0.15) is 80.1 Å². The van der Waals surface area contributed by atoms with Crippen molar-refractivity contribution < 1.29 is 4.79 Å². The summed E-state index contributed by atoms with van der Waals surface area (Å²) in [6, 6.07) is 0. The topological polar surface area (TPSA) is 17.1 Å². The Kier molecular flexibility index (Phi) is 6.51. The van der Waals surface area contributed by atoms with Crippen LogP contribution in [0.25, 0.3) is 0 Å². The fourth-order valence-corrected chi connectivity index (χ4v) is 5.15. The molecular formula is C23H38O. The van der Waals surface area contributed by atoms with Gasteiger partial charge < -0.3 is 0 Å². The molecule has 2 rings (SSSR count). The Bertz CT molecular complexity index is 494. The van der Waals surface area contributed by atoms with Gasteiger partial charge in [0.25, 0.3) is 0 Å². The van der Waals surface area contributed by atoms with E-state index >= 15 is 0 Å². The van der Waals surface area contributed by atoms with Crippen LogP contribution in [0.2, 0.25) is 0 Å². The minimum absolute atomic E-state index is 0.273. The van der Waals surface area contributed by atoms with Gasteiger partial charge >= 0.3 is 0 Å².